The van der Waals surface area contributed by atoms with Crippen LogP contribution in [-0.4, -0.2) is 109 Å². The van der Waals surface area contributed by atoms with Crippen molar-refractivity contribution >= 4 is 11.9 Å². The smallest absolute Gasteiger partial charge is 0.302 e. The van der Waals surface area contributed by atoms with Crippen LogP contribution in [0.1, 0.15) is 83.1 Å². The third-order valence-electron chi connectivity index (χ3n) is 12.9. The molecule has 51 heavy (non-hydrogen) atoms. The minimum absolute atomic E-state index is 0.0335. The molecule has 0 amide bonds. The topological polar surface area (TPSA) is 145 Å². The highest BCUT2D eigenvalue weighted by atomic mass is 16.5. The molecule has 5 aliphatic heterocycles. The summed E-state index contributed by atoms with van der Waals surface area (Å²) >= 11 is 0. The Balaban J connectivity index is 1.21. The van der Waals surface area contributed by atoms with E-state index in [9.17, 15) is 15.0 Å². The lowest BCUT2D eigenvalue weighted by atomic mass is 9.59. The van der Waals surface area contributed by atoms with Crippen molar-refractivity contribution in [2.75, 3.05) is 59.0 Å². The van der Waals surface area contributed by atoms with Gasteiger partial charge in [0.1, 0.15) is 12.2 Å². The van der Waals surface area contributed by atoms with Crippen molar-refractivity contribution in [2.45, 2.75) is 102 Å². The number of phenolic OH excluding ortho intramolecular Hbond substituents is 1. The molecule has 0 unspecified atom stereocenters. The first-order chi connectivity index (χ1) is 24.7. The fourth-order valence-corrected chi connectivity index (χ4v) is 10.5. The Morgan fingerprint density at radius 2 is 1.80 bits per heavy atom. The van der Waals surface area contributed by atoms with Crippen LogP contribution in [0.2, 0.25) is 0 Å². The van der Waals surface area contributed by atoms with E-state index in [4.69, 9.17) is 20.2 Å². The number of esters is 1. The molecule has 6 N–H and O–H groups in total. The molecule has 4 fully saturated rings. The lowest BCUT2D eigenvalue weighted by Gasteiger charge is -2.52. The van der Waals surface area contributed by atoms with Crippen LogP contribution < -0.4 is 21.1 Å². The highest BCUT2D eigenvalue weighted by Crippen LogP contribution is 2.55. The molecular weight excluding hydrogens is 644 g/mol. The van der Waals surface area contributed by atoms with Crippen LogP contribution in [0.5, 0.6) is 11.5 Å². The molecule has 0 radical (unpaired) electrons. The van der Waals surface area contributed by atoms with E-state index in [-0.39, 0.29) is 29.2 Å². The second kappa shape index (κ2) is 15.9. The van der Waals surface area contributed by atoms with Gasteiger partial charge in [-0.25, -0.2) is 4.99 Å². The minimum atomic E-state index is -0.652. The lowest BCUT2D eigenvalue weighted by Crippen LogP contribution is -2.57. The fourth-order valence-electron chi connectivity index (χ4n) is 10.5. The normalized spacial score (nSPS) is 35.7. The van der Waals surface area contributed by atoms with Gasteiger partial charge < -0.3 is 41.0 Å². The number of guanidine groups is 1. The van der Waals surface area contributed by atoms with Gasteiger partial charge in [-0.1, -0.05) is 24.8 Å². The molecule has 2 aliphatic carbocycles. The minimum Gasteiger partial charge on any atom is -0.504 e. The van der Waals surface area contributed by atoms with Gasteiger partial charge in [0.15, 0.2) is 17.5 Å². The number of aliphatic hydroxyl groups excluding tert-OH is 1. The Morgan fingerprint density at radius 3 is 2.55 bits per heavy atom. The Labute approximate surface area is 304 Å². The zero-order chi connectivity index (χ0) is 35.4. The average Bonchev–Trinajstić information content (AvgIpc) is 3.58. The largest absolute Gasteiger partial charge is 0.504 e. The van der Waals surface area contributed by atoms with E-state index in [2.05, 4.69) is 32.3 Å². The number of hydrogen-bond donors (Lipinski definition) is 5. The fraction of sp³-hybridized carbons (Fsp3) is 0.750. The van der Waals surface area contributed by atoms with E-state index in [0.717, 1.165) is 83.5 Å². The van der Waals surface area contributed by atoms with Crippen LogP contribution in [0.3, 0.4) is 0 Å². The molecule has 6 atom stereocenters. The molecule has 11 nitrogen and oxygen atoms in total. The predicted octanol–water partition coefficient (Wildman–Crippen LogP) is 3.23. The van der Waals surface area contributed by atoms with Crippen molar-refractivity contribution in [1.82, 2.24) is 20.4 Å². The number of nitrogens with one attached hydrogen (secondary N) is 2. The predicted molar refractivity (Wildman–Crippen MR) is 197 cm³/mol. The van der Waals surface area contributed by atoms with Crippen molar-refractivity contribution < 1.29 is 24.5 Å². The summed E-state index contributed by atoms with van der Waals surface area (Å²) in [4.78, 5) is 22.5. The summed E-state index contributed by atoms with van der Waals surface area (Å²) in [6, 6.07) is 5.54. The standard InChI is InChI=1S/C40H60N6O5/c1-28(47)50-36-20-33(48)8-14-39(13-4-5-32(36)18-29-6-7-35(49)37(19-29)51-34-9-15-42-16-10-34)25-43-38(41)44-27-46-23-30-17-31(24-46)22-45(21-30)26-40(39)11-2-3-12-40/h6-7,19,30-34,36,42,48-49H,2-3,5,8-12,14-18,20-27H2,1H3,(H3,41,43,44)/t30-,31-,32+,33-,36+,39+/m0/s1. The number of aliphatic imine (C=N–C) groups is 1. The third-order valence-corrected chi connectivity index (χ3v) is 12.9. The number of nitrogens with zero attached hydrogens (tertiary/aromatic N) is 3. The number of fused-ring (bicyclic) bond motifs is 3. The molecule has 4 bridgehead atoms. The highest BCUT2D eigenvalue weighted by molar-refractivity contribution is 5.77. The van der Waals surface area contributed by atoms with Crippen molar-refractivity contribution in [3.8, 4) is 23.3 Å². The van der Waals surface area contributed by atoms with Gasteiger partial charge in [0, 0.05) is 70.4 Å². The number of piperidine rings is 3. The molecule has 1 aromatic carbocycles. The molecular formula is C40H60N6O5. The Morgan fingerprint density at radius 1 is 1.06 bits per heavy atom. The summed E-state index contributed by atoms with van der Waals surface area (Å²) in [5, 5.41) is 29.3. The zero-order valence-corrected chi connectivity index (χ0v) is 30.6. The van der Waals surface area contributed by atoms with Crippen molar-refractivity contribution in [1.29, 1.82) is 0 Å². The molecule has 7 aliphatic rings. The first-order valence-electron chi connectivity index (χ1n) is 19.7. The average molecular weight is 705 g/mol. The second-order valence-corrected chi connectivity index (χ2v) is 16.7. The SMILES string of the molecule is CC(=O)O[C@@H]1C[C@@H](O)CC[C@]2(C#CC[C@@H]1Cc1ccc(O)c(OC3CCNCC3)c1)CNC(N)=NCN1C[C@H]3C[C@H](C1)CN(C3)CC21CCCC1. The van der Waals surface area contributed by atoms with E-state index in [1.165, 1.54) is 26.2 Å². The van der Waals surface area contributed by atoms with Gasteiger partial charge in [-0.15, -0.1) is 5.92 Å². The first kappa shape index (κ1) is 36.3. The Bertz CT molecular complexity index is 1450. The van der Waals surface area contributed by atoms with Crippen LogP contribution in [-0.2, 0) is 16.0 Å². The van der Waals surface area contributed by atoms with E-state index in [1.807, 2.05) is 12.1 Å². The maximum absolute atomic E-state index is 12.4. The number of carbonyl (C=O) groups excluding carboxylic acids is 1. The third kappa shape index (κ3) is 8.62. The monoisotopic (exact) mass is 704 g/mol. The number of hydrogen-bond acceptors (Lipinski definition) is 11. The van der Waals surface area contributed by atoms with Crippen molar-refractivity contribution in [3.05, 3.63) is 23.8 Å². The number of aliphatic hydroxyl groups is 1. The number of nitrogens with two attached hydrogens (primary N) is 1. The lowest BCUT2D eigenvalue weighted by molar-refractivity contribution is -0.151. The first-order valence-corrected chi connectivity index (χ1v) is 19.7. The van der Waals surface area contributed by atoms with Crippen LogP contribution in [0, 0.1) is 40.4 Å². The molecule has 1 aromatic rings. The number of rotatable bonds is 5. The summed E-state index contributed by atoms with van der Waals surface area (Å²) < 4.78 is 12.2. The van der Waals surface area contributed by atoms with E-state index in [0.29, 0.717) is 62.4 Å². The quantitative estimate of drug-likeness (QED) is 0.229. The van der Waals surface area contributed by atoms with Gasteiger partial charge in [-0.3, -0.25) is 9.69 Å². The molecule has 8 rings (SSSR count). The van der Waals surface area contributed by atoms with Crippen LogP contribution in [0.25, 0.3) is 0 Å². The summed E-state index contributed by atoms with van der Waals surface area (Å²) in [5.41, 5.74) is 7.11. The van der Waals surface area contributed by atoms with Crippen LogP contribution >= 0.6 is 0 Å². The second-order valence-electron chi connectivity index (χ2n) is 16.7. The van der Waals surface area contributed by atoms with E-state index >= 15 is 0 Å². The molecule has 3 saturated heterocycles. The number of ether oxygens (including phenoxy) is 2. The molecule has 5 heterocycles. The number of aromatic hydroxyl groups is 1. The zero-order valence-electron chi connectivity index (χ0n) is 30.6. The van der Waals surface area contributed by atoms with Crippen LogP contribution in [0.4, 0.5) is 0 Å². The molecule has 280 valence electrons. The summed E-state index contributed by atoms with van der Waals surface area (Å²) in [5.74, 6) is 9.50. The summed E-state index contributed by atoms with van der Waals surface area (Å²) in [7, 11) is 0. The molecule has 2 spiro atoms. The number of carbonyl (C=O) groups is 1. The van der Waals surface area contributed by atoms with Gasteiger partial charge in [-0.05, 0) is 94.0 Å². The maximum atomic E-state index is 12.4. The molecule has 1 saturated carbocycles. The van der Waals surface area contributed by atoms with Crippen molar-refractivity contribution in [3.63, 3.8) is 0 Å². The van der Waals surface area contributed by atoms with Crippen molar-refractivity contribution in [2.24, 2.45) is 39.3 Å². The highest BCUT2D eigenvalue weighted by Gasteiger charge is 2.53. The Kier molecular flexibility index (Phi) is 11.3. The van der Waals surface area contributed by atoms with E-state index < -0.39 is 17.6 Å². The van der Waals surface area contributed by atoms with Gasteiger partial charge in [0.2, 0.25) is 0 Å². The molecule has 11 heteroatoms. The van der Waals surface area contributed by atoms with Gasteiger partial charge in [-0.2, -0.15) is 0 Å². The summed E-state index contributed by atoms with van der Waals surface area (Å²) in [6.07, 6.45) is 9.33. The van der Waals surface area contributed by atoms with Gasteiger partial charge in [0.05, 0.1) is 18.2 Å². The maximum Gasteiger partial charge on any atom is 0.302 e. The summed E-state index contributed by atoms with van der Waals surface area (Å²) in [6.45, 7) is 9.86. The number of phenols is 1. The van der Waals surface area contributed by atoms with Gasteiger partial charge in [0.25, 0.3) is 0 Å². The molecule has 0 aromatic heterocycles. The Hall–Kier alpha value is -3.04. The number of benzene rings is 1. The van der Waals surface area contributed by atoms with Crippen LogP contribution in [0.15, 0.2) is 23.2 Å². The van der Waals surface area contributed by atoms with E-state index in [1.54, 1.807) is 6.07 Å². The van der Waals surface area contributed by atoms with Gasteiger partial charge >= 0.3 is 5.97 Å².